The molecular formula is C16H17FN2O5. The van der Waals surface area contributed by atoms with Crippen molar-refractivity contribution >= 4 is 23.5 Å². The molecule has 24 heavy (non-hydrogen) atoms. The summed E-state index contributed by atoms with van der Waals surface area (Å²) in [5, 5.41) is 0. The number of rotatable bonds is 3. The lowest BCUT2D eigenvalue weighted by Gasteiger charge is -2.29. The van der Waals surface area contributed by atoms with Gasteiger partial charge in [-0.1, -0.05) is 0 Å². The number of ether oxygens (including phenoxy) is 2. The van der Waals surface area contributed by atoms with E-state index >= 15 is 0 Å². The van der Waals surface area contributed by atoms with Crippen molar-refractivity contribution in [2.75, 3.05) is 31.1 Å². The van der Waals surface area contributed by atoms with Crippen LogP contribution >= 0.6 is 0 Å². The van der Waals surface area contributed by atoms with Crippen molar-refractivity contribution in [3.63, 3.8) is 0 Å². The van der Waals surface area contributed by atoms with Gasteiger partial charge in [0.15, 0.2) is 18.2 Å². The monoisotopic (exact) mass is 336 g/mol. The molecule has 2 aliphatic heterocycles. The fraction of sp³-hybridized carbons (Fsp3) is 0.438. The van der Waals surface area contributed by atoms with Crippen LogP contribution in [0.25, 0.3) is 0 Å². The summed E-state index contributed by atoms with van der Waals surface area (Å²) in [5.74, 6) is -1.57. The van der Waals surface area contributed by atoms with Gasteiger partial charge in [-0.2, -0.15) is 0 Å². The topological polar surface area (TPSA) is 76.1 Å². The summed E-state index contributed by atoms with van der Waals surface area (Å²) in [6, 6.07) is 2.28. The molecule has 0 radical (unpaired) electrons. The number of Topliss-reactive ketones (excluding diaryl/α,β-unsaturated/α-hetero) is 1. The van der Waals surface area contributed by atoms with Crippen molar-refractivity contribution in [1.82, 2.24) is 4.90 Å². The molecule has 0 aromatic heterocycles. The third kappa shape index (κ3) is 3.17. The zero-order chi connectivity index (χ0) is 17.3. The first kappa shape index (κ1) is 16.2. The maximum absolute atomic E-state index is 14.2. The van der Waals surface area contributed by atoms with Crippen molar-refractivity contribution in [2.24, 2.45) is 0 Å². The molecule has 7 nitrogen and oxygen atoms in total. The van der Waals surface area contributed by atoms with E-state index in [0.29, 0.717) is 13.1 Å². The highest BCUT2D eigenvalue weighted by molar-refractivity contribution is 6.02. The van der Waals surface area contributed by atoms with Gasteiger partial charge in [0.25, 0.3) is 5.91 Å². The highest BCUT2D eigenvalue weighted by atomic mass is 19.1. The van der Waals surface area contributed by atoms with E-state index in [0.717, 1.165) is 18.9 Å². The summed E-state index contributed by atoms with van der Waals surface area (Å²) in [6.45, 7) is 2.07. The van der Waals surface area contributed by atoms with Gasteiger partial charge < -0.3 is 14.4 Å². The molecule has 0 atom stereocenters. The van der Waals surface area contributed by atoms with Crippen molar-refractivity contribution in [1.29, 1.82) is 0 Å². The Kier molecular flexibility index (Phi) is 4.37. The summed E-state index contributed by atoms with van der Waals surface area (Å²) in [5.41, 5.74) is 0.215. The minimum Gasteiger partial charge on any atom is -0.481 e. The molecule has 1 saturated heterocycles. The van der Waals surface area contributed by atoms with Crippen molar-refractivity contribution in [3.8, 4) is 11.5 Å². The minimum absolute atomic E-state index is 0.134. The second kappa shape index (κ2) is 6.46. The molecule has 3 rings (SSSR count). The molecule has 1 aromatic carbocycles. The van der Waals surface area contributed by atoms with Crippen LogP contribution in [0.1, 0.15) is 19.8 Å². The van der Waals surface area contributed by atoms with E-state index in [1.54, 1.807) is 0 Å². The lowest BCUT2D eigenvalue weighted by molar-refractivity contribution is -0.123. The Bertz CT molecular complexity index is 700. The Balaban J connectivity index is 1.88. The Morgan fingerprint density at radius 3 is 2.67 bits per heavy atom. The molecule has 0 unspecified atom stereocenters. The number of anilines is 1. The van der Waals surface area contributed by atoms with Gasteiger partial charge in [0.05, 0.1) is 12.2 Å². The SMILES string of the molecule is CC(=O)CN1C(=O)COc2cc(F)c(OC(=O)N3CCCC3)cc21. The maximum atomic E-state index is 14.2. The Morgan fingerprint density at radius 2 is 2.00 bits per heavy atom. The summed E-state index contributed by atoms with van der Waals surface area (Å²) in [7, 11) is 0. The highest BCUT2D eigenvalue weighted by Gasteiger charge is 2.29. The molecular weight excluding hydrogens is 319 g/mol. The lowest BCUT2D eigenvalue weighted by atomic mass is 10.2. The number of fused-ring (bicyclic) bond motifs is 1. The van der Waals surface area contributed by atoms with Crippen LogP contribution < -0.4 is 14.4 Å². The van der Waals surface area contributed by atoms with E-state index in [4.69, 9.17) is 9.47 Å². The number of ketones is 1. The van der Waals surface area contributed by atoms with Gasteiger partial charge in [-0.05, 0) is 19.8 Å². The number of carbonyl (C=O) groups is 3. The van der Waals surface area contributed by atoms with Gasteiger partial charge in [0.2, 0.25) is 0 Å². The number of nitrogens with zero attached hydrogens (tertiary/aromatic N) is 2. The molecule has 0 saturated carbocycles. The predicted octanol–water partition coefficient (Wildman–Crippen LogP) is 1.73. The Labute approximate surface area is 137 Å². The standard InChI is InChI=1S/C16H17FN2O5/c1-10(20)8-19-12-7-13(24-16(22)18-4-2-3-5-18)11(17)6-14(12)23-9-15(19)21/h6-7H,2-5,8-9H2,1H3. The summed E-state index contributed by atoms with van der Waals surface area (Å²) in [4.78, 5) is 38.1. The summed E-state index contributed by atoms with van der Waals surface area (Å²) >= 11 is 0. The molecule has 1 fully saturated rings. The third-order valence-corrected chi connectivity index (χ3v) is 3.90. The first-order valence-electron chi connectivity index (χ1n) is 7.68. The van der Waals surface area contributed by atoms with Crippen LogP contribution in [0, 0.1) is 5.82 Å². The molecule has 0 spiro atoms. The lowest BCUT2D eigenvalue weighted by Crippen LogP contribution is -2.41. The van der Waals surface area contributed by atoms with Crippen LogP contribution in [0.3, 0.4) is 0 Å². The zero-order valence-electron chi connectivity index (χ0n) is 13.2. The van der Waals surface area contributed by atoms with Crippen LogP contribution in [-0.2, 0) is 9.59 Å². The van der Waals surface area contributed by atoms with E-state index in [9.17, 15) is 18.8 Å². The van der Waals surface area contributed by atoms with Crippen LogP contribution in [0.15, 0.2) is 12.1 Å². The third-order valence-electron chi connectivity index (χ3n) is 3.90. The molecule has 0 aliphatic carbocycles. The van der Waals surface area contributed by atoms with Crippen LogP contribution in [0.4, 0.5) is 14.9 Å². The van der Waals surface area contributed by atoms with E-state index in [1.807, 2.05) is 0 Å². The van der Waals surface area contributed by atoms with Crippen LogP contribution in [-0.4, -0.2) is 48.9 Å². The van der Waals surface area contributed by atoms with E-state index in [-0.39, 0.29) is 36.1 Å². The number of hydrogen-bond donors (Lipinski definition) is 0. The fourth-order valence-electron chi connectivity index (χ4n) is 2.74. The second-order valence-electron chi connectivity index (χ2n) is 5.78. The van der Waals surface area contributed by atoms with Crippen molar-refractivity contribution < 1.29 is 28.2 Å². The highest BCUT2D eigenvalue weighted by Crippen LogP contribution is 2.37. The van der Waals surface area contributed by atoms with E-state index in [1.165, 1.54) is 22.8 Å². The average molecular weight is 336 g/mol. The second-order valence-corrected chi connectivity index (χ2v) is 5.78. The number of benzene rings is 1. The maximum Gasteiger partial charge on any atom is 0.415 e. The average Bonchev–Trinajstić information content (AvgIpc) is 3.06. The largest absolute Gasteiger partial charge is 0.481 e. The first-order valence-corrected chi connectivity index (χ1v) is 7.68. The van der Waals surface area contributed by atoms with E-state index < -0.39 is 17.8 Å². The van der Waals surface area contributed by atoms with Gasteiger partial charge in [0.1, 0.15) is 11.5 Å². The van der Waals surface area contributed by atoms with Gasteiger partial charge in [-0.25, -0.2) is 9.18 Å². The predicted molar refractivity (Wildman–Crippen MR) is 81.8 cm³/mol. The number of hydrogen-bond acceptors (Lipinski definition) is 5. The summed E-state index contributed by atoms with van der Waals surface area (Å²) < 4.78 is 24.5. The normalized spacial score (nSPS) is 16.7. The molecule has 0 N–H and O–H groups in total. The molecule has 2 amide bonds. The number of carbonyl (C=O) groups excluding carboxylic acids is 3. The van der Waals surface area contributed by atoms with Crippen molar-refractivity contribution in [2.45, 2.75) is 19.8 Å². The zero-order valence-corrected chi connectivity index (χ0v) is 13.2. The number of amides is 2. The molecule has 128 valence electrons. The first-order chi connectivity index (χ1) is 11.5. The number of likely N-dealkylation sites (tertiary alicyclic amines) is 1. The van der Waals surface area contributed by atoms with Gasteiger partial charge >= 0.3 is 6.09 Å². The van der Waals surface area contributed by atoms with Crippen LogP contribution in [0.5, 0.6) is 11.5 Å². The van der Waals surface area contributed by atoms with Gasteiger partial charge in [-0.15, -0.1) is 0 Å². The van der Waals surface area contributed by atoms with Crippen LogP contribution in [0.2, 0.25) is 0 Å². The molecule has 2 heterocycles. The quantitative estimate of drug-likeness (QED) is 0.840. The van der Waals surface area contributed by atoms with Gasteiger partial charge in [-0.3, -0.25) is 14.5 Å². The molecule has 0 bridgehead atoms. The smallest absolute Gasteiger partial charge is 0.415 e. The van der Waals surface area contributed by atoms with Crippen molar-refractivity contribution in [3.05, 3.63) is 17.9 Å². The molecule has 2 aliphatic rings. The Morgan fingerprint density at radius 1 is 1.29 bits per heavy atom. The van der Waals surface area contributed by atoms with E-state index in [2.05, 4.69) is 0 Å². The number of halogens is 1. The Hall–Kier alpha value is -2.64. The summed E-state index contributed by atoms with van der Waals surface area (Å²) in [6.07, 6.45) is 1.14. The fourth-order valence-corrected chi connectivity index (χ4v) is 2.74. The van der Waals surface area contributed by atoms with Gasteiger partial charge in [0, 0.05) is 25.2 Å². The molecule has 8 heteroatoms. The molecule has 1 aromatic rings. The minimum atomic E-state index is -0.765.